The number of hydrogen-bond acceptors (Lipinski definition) is 7. The molecule has 2 fully saturated rings. The van der Waals surface area contributed by atoms with Gasteiger partial charge in [-0.3, -0.25) is 4.90 Å². The fourth-order valence-electron chi connectivity index (χ4n) is 3.88. The van der Waals surface area contributed by atoms with Crippen LogP contribution in [0.25, 0.3) is 11.3 Å². The number of benzene rings is 1. The SMILES string of the molecule is C=CCOC[C@@H](O)CN(Cc1c(-c2ccccc2)noc1N1CCSCC1)C1CC1. The number of aliphatic hydroxyl groups is 1. The molecule has 1 aliphatic heterocycles. The number of anilines is 1. The zero-order valence-corrected chi connectivity index (χ0v) is 18.2. The maximum absolute atomic E-state index is 10.5. The fraction of sp³-hybridized carbons (Fsp3) is 0.522. The molecule has 0 amide bonds. The van der Waals surface area contributed by atoms with Crippen LogP contribution in [0.4, 0.5) is 5.88 Å². The van der Waals surface area contributed by atoms with Crippen molar-refractivity contribution in [1.29, 1.82) is 0 Å². The Labute approximate surface area is 182 Å². The predicted molar refractivity (Wildman–Crippen MR) is 122 cm³/mol. The van der Waals surface area contributed by atoms with Gasteiger partial charge in [0.2, 0.25) is 5.88 Å². The Kier molecular flexibility index (Phi) is 7.49. The molecule has 1 aromatic heterocycles. The Hall–Kier alpha value is -1.80. The zero-order valence-electron chi connectivity index (χ0n) is 17.4. The van der Waals surface area contributed by atoms with Crippen LogP contribution >= 0.6 is 11.8 Å². The average molecular weight is 430 g/mol. The lowest BCUT2D eigenvalue weighted by molar-refractivity contribution is 0.0228. The van der Waals surface area contributed by atoms with Crippen molar-refractivity contribution in [3.8, 4) is 11.3 Å². The molecule has 1 saturated carbocycles. The molecule has 1 N–H and O–H groups in total. The molecular weight excluding hydrogens is 398 g/mol. The fourth-order valence-corrected chi connectivity index (χ4v) is 4.78. The monoisotopic (exact) mass is 429 g/mol. The largest absolute Gasteiger partial charge is 0.389 e. The first-order chi connectivity index (χ1) is 14.8. The van der Waals surface area contributed by atoms with Gasteiger partial charge >= 0.3 is 0 Å². The number of ether oxygens (including phenoxy) is 1. The van der Waals surface area contributed by atoms with Crippen LogP contribution in [-0.4, -0.2) is 71.7 Å². The van der Waals surface area contributed by atoms with Gasteiger partial charge in [0.1, 0.15) is 5.69 Å². The highest BCUT2D eigenvalue weighted by Gasteiger charge is 2.33. The van der Waals surface area contributed by atoms with E-state index in [4.69, 9.17) is 9.26 Å². The Morgan fingerprint density at radius 2 is 2.07 bits per heavy atom. The summed E-state index contributed by atoms with van der Waals surface area (Å²) in [5, 5.41) is 15.0. The maximum Gasteiger partial charge on any atom is 0.232 e. The third kappa shape index (κ3) is 5.46. The van der Waals surface area contributed by atoms with Gasteiger partial charge in [-0.25, -0.2) is 0 Å². The van der Waals surface area contributed by atoms with E-state index in [1.165, 1.54) is 12.8 Å². The Bertz CT molecular complexity index is 803. The summed E-state index contributed by atoms with van der Waals surface area (Å²) >= 11 is 1.98. The predicted octanol–water partition coefficient (Wildman–Crippen LogP) is 3.42. The van der Waals surface area contributed by atoms with Crippen LogP contribution in [0, 0.1) is 0 Å². The molecule has 2 aromatic rings. The van der Waals surface area contributed by atoms with Crippen LogP contribution in [-0.2, 0) is 11.3 Å². The molecule has 6 nitrogen and oxygen atoms in total. The molecule has 0 radical (unpaired) electrons. The van der Waals surface area contributed by atoms with E-state index in [-0.39, 0.29) is 0 Å². The number of aliphatic hydroxyl groups excluding tert-OH is 1. The lowest BCUT2D eigenvalue weighted by Crippen LogP contribution is -2.37. The molecule has 0 spiro atoms. The number of aromatic nitrogens is 1. The van der Waals surface area contributed by atoms with Gasteiger partial charge in [0.15, 0.2) is 0 Å². The van der Waals surface area contributed by atoms with Gasteiger partial charge in [-0.1, -0.05) is 41.6 Å². The number of hydrogen-bond donors (Lipinski definition) is 1. The molecule has 1 saturated heterocycles. The highest BCUT2D eigenvalue weighted by Crippen LogP contribution is 2.36. The highest BCUT2D eigenvalue weighted by atomic mass is 32.2. The molecular formula is C23H31N3O3S. The number of nitrogens with zero attached hydrogens (tertiary/aromatic N) is 3. The van der Waals surface area contributed by atoms with Crippen molar-refractivity contribution in [3.63, 3.8) is 0 Å². The molecule has 4 rings (SSSR count). The zero-order chi connectivity index (χ0) is 20.8. The van der Waals surface area contributed by atoms with Crippen molar-refractivity contribution in [2.24, 2.45) is 0 Å². The van der Waals surface area contributed by atoms with Gasteiger partial charge in [0.25, 0.3) is 0 Å². The summed E-state index contributed by atoms with van der Waals surface area (Å²) in [6.07, 6.45) is 3.52. The van der Waals surface area contributed by atoms with Crippen molar-refractivity contribution in [1.82, 2.24) is 10.1 Å². The van der Waals surface area contributed by atoms with E-state index in [2.05, 4.69) is 33.7 Å². The van der Waals surface area contributed by atoms with E-state index in [1.54, 1.807) is 6.08 Å². The highest BCUT2D eigenvalue weighted by molar-refractivity contribution is 7.99. The minimum atomic E-state index is -0.527. The van der Waals surface area contributed by atoms with E-state index in [0.29, 0.717) is 25.8 Å². The van der Waals surface area contributed by atoms with Gasteiger partial charge in [0, 0.05) is 49.3 Å². The van der Waals surface area contributed by atoms with Crippen LogP contribution in [0.1, 0.15) is 18.4 Å². The quantitative estimate of drug-likeness (QED) is 0.434. The van der Waals surface area contributed by atoms with Crippen molar-refractivity contribution in [2.75, 3.05) is 49.3 Å². The Morgan fingerprint density at radius 3 is 2.77 bits per heavy atom. The van der Waals surface area contributed by atoms with Gasteiger partial charge in [-0.15, -0.1) is 6.58 Å². The van der Waals surface area contributed by atoms with Crippen LogP contribution in [0.15, 0.2) is 47.5 Å². The molecule has 30 heavy (non-hydrogen) atoms. The van der Waals surface area contributed by atoms with E-state index in [1.807, 2.05) is 30.0 Å². The van der Waals surface area contributed by atoms with Gasteiger partial charge in [-0.05, 0) is 12.8 Å². The van der Waals surface area contributed by atoms with Crippen LogP contribution in [0.2, 0.25) is 0 Å². The van der Waals surface area contributed by atoms with Crippen molar-refractivity contribution in [2.45, 2.75) is 31.5 Å². The van der Waals surface area contributed by atoms with E-state index in [0.717, 1.165) is 53.8 Å². The number of rotatable bonds is 11. The van der Waals surface area contributed by atoms with Crippen molar-refractivity contribution < 1.29 is 14.4 Å². The molecule has 162 valence electrons. The third-order valence-electron chi connectivity index (χ3n) is 5.53. The van der Waals surface area contributed by atoms with Crippen LogP contribution < -0.4 is 4.90 Å². The van der Waals surface area contributed by atoms with Gasteiger partial charge < -0.3 is 19.3 Å². The number of thioether (sulfide) groups is 1. The second-order valence-corrected chi connectivity index (χ2v) is 9.15. The Balaban J connectivity index is 1.56. The maximum atomic E-state index is 10.5. The van der Waals surface area contributed by atoms with Crippen LogP contribution in [0.5, 0.6) is 0 Å². The van der Waals surface area contributed by atoms with Crippen LogP contribution in [0.3, 0.4) is 0 Å². The lowest BCUT2D eigenvalue weighted by atomic mass is 10.1. The topological polar surface area (TPSA) is 62.0 Å². The van der Waals surface area contributed by atoms with E-state index < -0.39 is 6.10 Å². The molecule has 2 heterocycles. The lowest BCUT2D eigenvalue weighted by Gasteiger charge is -2.29. The summed E-state index contributed by atoms with van der Waals surface area (Å²) in [7, 11) is 0. The summed E-state index contributed by atoms with van der Waals surface area (Å²) in [6, 6.07) is 10.7. The van der Waals surface area contributed by atoms with Gasteiger partial charge in [0.05, 0.1) is 24.9 Å². The third-order valence-corrected chi connectivity index (χ3v) is 6.47. The first-order valence-electron chi connectivity index (χ1n) is 10.7. The molecule has 0 bridgehead atoms. The average Bonchev–Trinajstić information content (AvgIpc) is 3.55. The summed E-state index contributed by atoms with van der Waals surface area (Å²) < 4.78 is 11.4. The Morgan fingerprint density at radius 1 is 1.30 bits per heavy atom. The second-order valence-electron chi connectivity index (χ2n) is 7.92. The summed E-state index contributed by atoms with van der Waals surface area (Å²) in [6.45, 7) is 7.69. The van der Waals surface area contributed by atoms with E-state index >= 15 is 0 Å². The summed E-state index contributed by atoms with van der Waals surface area (Å²) in [5.41, 5.74) is 3.10. The molecule has 1 aliphatic carbocycles. The normalized spacial score (nSPS) is 18.0. The first-order valence-corrected chi connectivity index (χ1v) is 11.9. The molecule has 1 atom stereocenters. The van der Waals surface area contributed by atoms with E-state index in [9.17, 15) is 5.11 Å². The standard InChI is InChI=1S/C23H31N3O3S/c1-2-12-28-17-20(27)15-26(19-8-9-19)16-21-22(18-6-4-3-5-7-18)24-29-23(21)25-10-13-30-14-11-25/h2-7,19-20,27H,1,8-17H2/t20-/m0/s1. The molecule has 1 aromatic carbocycles. The first kappa shape index (κ1) is 21.4. The summed E-state index contributed by atoms with van der Waals surface area (Å²) in [4.78, 5) is 4.68. The minimum Gasteiger partial charge on any atom is -0.389 e. The smallest absolute Gasteiger partial charge is 0.232 e. The van der Waals surface area contributed by atoms with Crippen molar-refractivity contribution >= 4 is 17.6 Å². The molecule has 7 heteroatoms. The van der Waals surface area contributed by atoms with Gasteiger partial charge in [-0.2, -0.15) is 11.8 Å². The second kappa shape index (κ2) is 10.5. The molecule has 0 unspecified atom stereocenters. The van der Waals surface area contributed by atoms with Crippen molar-refractivity contribution in [3.05, 3.63) is 48.6 Å². The minimum absolute atomic E-state index is 0.320. The summed E-state index contributed by atoms with van der Waals surface area (Å²) in [5.74, 6) is 3.09. The molecule has 2 aliphatic rings.